The predicted octanol–water partition coefficient (Wildman–Crippen LogP) is 4.96. The number of hydrogen-bond donors (Lipinski definition) is 4. The number of aromatic hydroxyl groups is 2. The predicted molar refractivity (Wildman–Crippen MR) is 123 cm³/mol. The zero-order chi connectivity index (χ0) is 22.9. The molecule has 0 aliphatic rings. The summed E-state index contributed by atoms with van der Waals surface area (Å²) in [7, 11) is -6.35. The third-order valence-electron chi connectivity index (χ3n) is 4.51. The first kappa shape index (κ1) is 23.2. The van der Waals surface area contributed by atoms with Gasteiger partial charge < -0.3 is 14.9 Å². The maximum atomic E-state index is 12.9. The quantitative estimate of drug-likeness (QED) is 0.381. The molecule has 0 fully saturated rings. The molecular formula is C20H18Cl2N2O5S2. The van der Waals surface area contributed by atoms with E-state index in [1.807, 2.05) is 0 Å². The van der Waals surface area contributed by atoms with Gasteiger partial charge in [0.15, 0.2) is 11.0 Å². The fourth-order valence-electron chi connectivity index (χ4n) is 2.69. The number of halogens is 2. The molecule has 0 saturated carbocycles. The van der Waals surface area contributed by atoms with Crippen LogP contribution in [0.2, 0.25) is 10.0 Å². The summed E-state index contributed by atoms with van der Waals surface area (Å²) in [5.74, 6) is -1.25. The van der Waals surface area contributed by atoms with E-state index in [9.17, 15) is 22.8 Å². The van der Waals surface area contributed by atoms with Crippen molar-refractivity contribution in [3.05, 3.63) is 69.7 Å². The Kier molecular flexibility index (Phi) is 6.70. The van der Waals surface area contributed by atoms with Crippen LogP contribution in [-0.4, -0.2) is 22.8 Å². The van der Waals surface area contributed by atoms with Crippen molar-refractivity contribution in [3.8, 4) is 11.5 Å². The number of phenols is 2. The van der Waals surface area contributed by atoms with Gasteiger partial charge in [-0.15, -0.1) is 0 Å². The van der Waals surface area contributed by atoms with Gasteiger partial charge in [-0.2, -0.15) is 0 Å². The second-order valence-electron chi connectivity index (χ2n) is 6.59. The molecule has 3 aromatic rings. The number of sulfonamides is 1. The highest BCUT2D eigenvalue weighted by atomic mass is 35.5. The van der Waals surface area contributed by atoms with Crippen molar-refractivity contribution in [2.45, 2.75) is 23.6 Å². The van der Waals surface area contributed by atoms with Crippen LogP contribution >= 0.6 is 23.2 Å². The van der Waals surface area contributed by atoms with E-state index in [0.29, 0.717) is 26.9 Å². The summed E-state index contributed by atoms with van der Waals surface area (Å²) in [4.78, 5) is -0.794. The smallest absolute Gasteiger partial charge is 0.265 e. The fraction of sp³-hybridized carbons (Fsp3) is 0.100. The normalized spacial score (nSPS) is 12.4. The lowest BCUT2D eigenvalue weighted by atomic mass is 10.2. The van der Waals surface area contributed by atoms with Gasteiger partial charge in [-0.1, -0.05) is 35.3 Å². The van der Waals surface area contributed by atoms with E-state index in [4.69, 9.17) is 23.2 Å². The van der Waals surface area contributed by atoms with Crippen molar-refractivity contribution in [1.29, 1.82) is 0 Å². The molecule has 0 radical (unpaired) electrons. The molecule has 0 aliphatic heterocycles. The third-order valence-corrected chi connectivity index (χ3v) is 7.86. The standard InChI is InChI=1S/C20H18Cl2N2O5S2/c1-11-13(21)5-3-7-15(11)23-30(27)19-10-20(18(26)9-17(19)25)31(28,29)24-16-8-4-6-14(22)12(16)2/h3-10,23-26H,1-2H3. The van der Waals surface area contributed by atoms with Crippen molar-refractivity contribution in [2.75, 3.05) is 9.44 Å². The van der Waals surface area contributed by atoms with Crippen molar-refractivity contribution in [1.82, 2.24) is 0 Å². The monoisotopic (exact) mass is 500 g/mol. The minimum absolute atomic E-state index is 0.218. The van der Waals surface area contributed by atoms with Crippen LogP contribution < -0.4 is 9.44 Å². The summed E-state index contributed by atoms with van der Waals surface area (Å²) in [5.41, 5.74) is 1.78. The third kappa shape index (κ3) is 4.90. The summed E-state index contributed by atoms with van der Waals surface area (Å²) >= 11 is 12.1. The maximum absolute atomic E-state index is 12.9. The molecular weight excluding hydrogens is 483 g/mol. The Hall–Kier alpha value is -2.46. The molecule has 1 unspecified atom stereocenters. The van der Waals surface area contributed by atoms with Crippen LogP contribution in [0.1, 0.15) is 11.1 Å². The second kappa shape index (κ2) is 8.96. The topological polar surface area (TPSA) is 116 Å². The van der Waals surface area contributed by atoms with Crippen LogP contribution in [-0.2, 0) is 21.0 Å². The van der Waals surface area contributed by atoms with Crippen molar-refractivity contribution < 1.29 is 22.8 Å². The van der Waals surface area contributed by atoms with E-state index < -0.39 is 37.4 Å². The lowest BCUT2D eigenvalue weighted by molar-refractivity contribution is 0.431. The van der Waals surface area contributed by atoms with E-state index >= 15 is 0 Å². The first-order valence-electron chi connectivity index (χ1n) is 8.78. The van der Waals surface area contributed by atoms with Gasteiger partial charge in [0.2, 0.25) is 0 Å². The van der Waals surface area contributed by atoms with Crippen LogP contribution in [0, 0.1) is 13.8 Å². The summed E-state index contributed by atoms with van der Waals surface area (Å²) in [6.45, 7) is 3.35. The molecule has 7 nitrogen and oxygen atoms in total. The Morgan fingerprint density at radius 1 is 0.871 bits per heavy atom. The van der Waals surface area contributed by atoms with E-state index in [1.54, 1.807) is 44.2 Å². The molecule has 31 heavy (non-hydrogen) atoms. The SMILES string of the molecule is Cc1c(Cl)cccc1NS(=O)c1cc(S(=O)(=O)Nc2cccc(Cl)c2C)c(O)cc1O. The number of benzene rings is 3. The van der Waals surface area contributed by atoms with Crippen LogP contribution in [0.15, 0.2) is 58.3 Å². The number of phenolic OH excluding ortho intramolecular Hbond substituents is 2. The molecule has 0 aliphatic carbocycles. The summed E-state index contributed by atoms with van der Waals surface area (Å²) in [6, 6.07) is 11.4. The molecule has 3 rings (SSSR count). The molecule has 4 N–H and O–H groups in total. The van der Waals surface area contributed by atoms with Crippen molar-refractivity contribution in [2.24, 2.45) is 0 Å². The number of anilines is 2. The zero-order valence-electron chi connectivity index (χ0n) is 16.3. The van der Waals surface area contributed by atoms with Gasteiger partial charge in [-0.05, 0) is 55.3 Å². The van der Waals surface area contributed by atoms with Gasteiger partial charge in [0.1, 0.15) is 21.3 Å². The number of hydrogen-bond acceptors (Lipinski definition) is 5. The van der Waals surface area contributed by atoms with E-state index in [1.165, 1.54) is 6.07 Å². The van der Waals surface area contributed by atoms with E-state index in [-0.39, 0.29) is 10.6 Å². The number of nitrogens with one attached hydrogen (secondary N) is 2. The first-order valence-corrected chi connectivity index (χ1v) is 12.2. The molecule has 0 amide bonds. The summed E-state index contributed by atoms with van der Waals surface area (Å²) in [5, 5.41) is 21.1. The highest BCUT2D eigenvalue weighted by Crippen LogP contribution is 2.35. The Morgan fingerprint density at radius 2 is 1.42 bits per heavy atom. The molecule has 0 aromatic heterocycles. The molecule has 1 atom stereocenters. The maximum Gasteiger partial charge on any atom is 0.265 e. The van der Waals surface area contributed by atoms with Crippen LogP contribution in [0.5, 0.6) is 11.5 Å². The highest BCUT2D eigenvalue weighted by molar-refractivity contribution is 7.93. The molecule has 0 spiro atoms. The molecule has 0 bridgehead atoms. The number of rotatable bonds is 6. The second-order valence-corrected chi connectivity index (χ2v) is 10.2. The Balaban J connectivity index is 1.99. The fourth-order valence-corrected chi connectivity index (χ4v) is 5.35. The first-order chi connectivity index (χ1) is 14.5. The minimum atomic E-state index is -4.30. The van der Waals surface area contributed by atoms with E-state index in [2.05, 4.69) is 9.44 Å². The Labute approximate surface area is 192 Å². The minimum Gasteiger partial charge on any atom is -0.506 e. The van der Waals surface area contributed by atoms with Crippen molar-refractivity contribution in [3.63, 3.8) is 0 Å². The lowest BCUT2D eigenvalue weighted by Crippen LogP contribution is -2.15. The van der Waals surface area contributed by atoms with Gasteiger partial charge in [0, 0.05) is 16.1 Å². The molecule has 3 aromatic carbocycles. The van der Waals surface area contributed by atoms with Crippen LogP contribution in [0.4, 0.5) is 11.4 Å². The van der Waals surface area contributed by atoms with E-state index in [0.717, 1.165) is 12.1 Å². The van der Waals surface area contributed by atoms with Crippen molar-refractivity contribution >= 4 is 55.6 Å². The largest absolute Gasteiger partial charge is 0.506 e. The van der Waals surface area contributed by atoms with Gasteiger partial charge in [0.25, 0.3) is 10.0 Å². The van der Waals surface area contributed by atoms with Gasteiger partial charge in [-0.25, -0.2) is 12.6 Å². The van der Waals surface area contributed by atoms with Crippen LogP contribution in [0.3, 0.4) is 0 Å². The Morgan fingerprint density at radius 3 is 2.03 bits per heavy atom. The summed E-state index contributed by atoms with van der Waals surface area (Å²) in [6.07, 6.45) is 0. The van der Waals surface area contributed by atoms with Gasteiger partial charge in [0.05, 0.1) is 11.4 Å². The zero-order valence-corrected chi connectivity index (χ0v) is 19.5. The van der Waals surface area contributed by atoms with Crippen LogP contribution in [0.25, 0.3) is 0 Å². The lowest BCUT2D eigenvalue weighted by Gasteiger charge is -2.15. The van der Waals surface area contributed by atoms with Gasteiger partial charge in [-0.3, -0.25) is 4.72 Å². The average Bonchev–Trinajstić information content (AvgIpc) is 2.68. The molecule has 11 heteroatoms. The summed E-state index contributed by atoms with van der Waals surface area (Å²) < 4.78 is 43.7. The Bertz CT molecular complexity index is 1300. The highest BCUT2D eigenvalue weighted by Gasteiger charge is 2.24. The molecule has 0 heterocycles. The average molecular weight is 501 g/mol. The molecule has 164 valence electrons. The molecule has 0 saturated heterocycles. The van der Waals surface area contributed by atoms with Gasteiger partial charge >= 0.3 is 0 Å².